The zero-order valence-corrected chi connectivity index (χ0v) is 23.1. The number of benzene rings is 1. The number of thioether (sulfide) groups is 1. The van der Waals surface area contributed by atoms with Crippen LogP contribution >= 0.6 is 46.0 Å². The van der Waals surface area contributed by atoms with Gasteiger partial charge in [0.15, 0.2) is 4.80 Å². The molecule has 8 nitrogen and oxygen atoms in total. The number of nitrogens with zero attached hydrogens (tertiary/aromatic N) is 3. The predicted molar refractivity (Wildman–Crippen MR) is 141 cm³/mol. The average Bonchev–Trinajstić information content (AvgIpc) is 3.45. The molecule has 0 aliphatic carbocycles. The van der Waals surface area contributed by atoms with Crippen LogP contribution in [0.2, 0.25) is 4.34 Å². The fourth-order valence-corrected chi connectivity index (χ4v) is 8.54. The van der Waals surface area contributed by atoms with Crippen molar-refractivity contribution >= 4 is 78.2 Å². The van der Waals surface area contributed by atoms with Crippen molar-refractivity contribution < 1.29 is 22.7 Å². The highest BCUT2D eigenvalue weighted by Crippen LogP contribution is 2.31. The molecule has 1 amide bonds. The largest absolute Gasteiger partial charge is 0.465 e. The van der Waals surface area contributed by atoms with Gasteiger partial charge in [-0.1, -0.05) is 22.9 Å². The maximum absolute atomic E-state index is 13.2. The van der Waals surface area contributed by atoms with Gasteiger partial charge in [-0.15, -0.1) is 11.3 Å². The SMILES string of the molecule is COC(=O)c1ccc2c(c1)sc(=NC(=O)C1CCCN(S(=O)(=O)c3ccc(Cl)s3)C1)n2CCSC. The molecule has 0 saturated carbocycles. The molecule has 3 aromatic rings. The summed E-state index contributed by atoms with van der Waals surface area (Å²) in [6.07, 6.45) is 3.15. The van der Waals surface area contributed by atoms with Crippen LogP contribution in [0.5, 0.6) is 0 Å². The van der Waals surface area contributed by atoms with Gasteiger partial charge in [0.1, 0.15) is 4.21 Å². The van der Waals surface area contributed by atoms with E-state index >= 15 is 0 Å². The monoisotopic (exact) mass is 573 g/mol. The van der Waals surface area contributed by atoms with Crippen molar-refractivity contribution in [3.05, 3.63) is 45.0 Å². The molecule has 35 heavy (non-hydrogen) atoms. The lowest BCUT2D eigenvalue weighted by Crippen LogP contribution is -2.42. The van der Waals surface area contributed by atoms with Crippen LogP contribution < -0.4 is 4.80 Å². The molecular weight excluding hydrogens is 550 g/mol. The van der Waals surface area contributed by atoms with Crippen LogP contribution in [-0.2, 0) is 26.1 Å². The number of aromatic nitrogens is 1. The number of fused-ring (bicyclic) bond motifs is 1. The molecule has 4 rings (SSSR count). The Balaban J connectivity index is 1.64. The second kappa shape index (κ2) is 11.1. The lowest BCUT2D eigenvalue weighted by molar-refractivity contribution is -0.122. The van der Waals surface area contributed by atoms with E-state index in [1.54, 1.807) is 30.0 Å². The summed E-state index contributed by atoms with van der Waals surface area (Å²) in [5.41, 5.74) is 1.31. The summed E-state index contributed by atoms with van der Waals surface area (Å²) >= 11 is 9.95. The third-order valence-corrected chi connectivity index (χ3v) is 10.9. The Bertz CT molecular complexity index is 1430. The summed E-state index contributed by atoms with van der Waals surface area (Å²) in [6, 6.07) is 8.33. The summed E-state index contributed by atoms with van der Waals surface area (Å²) in [5.74, 6) is -0.475. The van der Waals surface area contributed by atoms with Crippen LogP contribution in [0.3, 0.4) is 0 Å². The standard InChI is InChI=1S/C22H24ClN3O5S4/c1-31-21(28)14-5-6-16-17(12-14)33-22(26(16)10-11-32-2)24-20(27)15-4-3-9-25(13-15)35(29,30)19-8-7-18(23)34-19/h5-8,12,15H,3-4,9-11,13H2,1-2H3. The molecule has 0 radical (unpaired) electrons. The molecule has 0 bridgehead atoms. The van der Waals surface area contributed by atoms with Gasteiger partial charge >= 0.3 is 5.97 Å². The summed E-state index contributed by atoms with van der Waals surface area (Å²) in [6.45, 7) is 1.09. The molecule has 0 spiro atoms. The first-order valence-electron chi connectivity index (χ1n) is 10.8. The number of piperidine rings is 1. The number of carbonyl (C=O) groups is 2. The highest BCUT2D eigenvalue weighted by molar-refractivity contribution is 7.98. The number of carbonyl (C=O) groups excluding carboxylic acids is 2. The summed E-state index contributed by atoms with van der Waals surface area (Å²) < 4.78 is 35.6. The fraction of sp³-hybridized carbons (Fsp3) is 0.409. The van der Waals surface area contributed by atoms with E-state index < -0.39 is 21.9 Å². The minimum atomic E-state index is -3.71. The number of halogens is 1. The van der Waals surface area contributed by atoms with Gasteiger partial charge in [0.05, 0.1) is 33.1 Å². The van der Waals surface area contributed by atoms with Crippen LogP contribution in [0.4, 0.5) is 0 Å². The molecule has 2 aromatic heterocycles. The van der Waals surface area contributed by atoms with Gasteiger partial charge < -0.3 is 9.30 Å². The maximum Gasteiger partial charge on any atom is 0.337 e. The maximum atomic E-state index is 13.2. The lowest BCUT2D eigenvalue weighted by Gasteiger charge is -2.29. The number of ether oxygens (including phenoxy) is 1. The number of rotatable bonds is 7. The summed E-state index contributed by atoms with van der Waals surface area (Å²) in [5, 5.41) is 0. The number of sulfonamides is 1. The fourth-order valence-electron chi connectivity index (χ4n) is 3.91. The van der Waals surface area contributed by atoms with Crippen molar-refractivity contribution in [2.24, 2.45) is 10.9 Å². The van der Waals surface area contributed by atoms with E-state index in [9.17, 15) is 18.0 Å². The third-order valence-electron chi connectivity index (χ3n) is 5.70. The van der Waals surface area contributed by atoms with Crippen LogP contribution in [0, 0.1) is 5.92 Å². The second-order valence-electron chi connectivity index (χ2n) is 7.91. The number of aryl methyl sites for hydroxylation is 1. The van der Waals surface area contributed by atoms with E-state index in [4.69, 9.17) is 16.3 Å². The van der Waals surface area contributed by atoms with Crippen LogP contribution in [-0.4, -0.2) is 61.4 Å². The zero-order chi connectivity index (χ0) is 25.2. The van der Waals surface area contributed by atoms with Gasteiger partial charge in [-0.3, -0.25) is 4.79 Å². The van der Waals surface area contributed by atoms with Gasteiger partial charge in [-0.25, -0.2) is 13.2 Å². The average molecular weight is 574 g/mol. The van der Waals surface area contributed by atoms with Crippen molar-refractivity contribution in [2.75, 3.05) is 32.2 Å². The molecule has 3 heterocycles. The number of esters is 1. The van der Waals surface area contributed by atoms with Crippen LogP contribution in [0.25, 0.3) is 10.2 Å². The second-order valence-corrected chi connectivity index (χ2v) is 13.8. The van der Waals surface area contributed by atoms with E-state index in [0.29, 0.717) is 40.6 Å². The van der Waals surface area contributed by atoms with E-state index in [2.05, 4.69) is 4.99 Å². The highest BCUT2D eigenvalue weighted by Gasteiger charge is 2.34. The Morgan fingerprint density at radius 1 is 1.26 bits per heavy atom. The van der Waals surface area contributed by atoms with Gasteiger partial charge in [0.25, 0.3) is 15.9 Å². The van der Waals surface area contributed by atoms with Gasteiger partial charge in [-0.2, -0.15) is 21.1 Å². The number of hydrogen-bond donors (Lipinski definition) is 0. The van der Waals surface area contributed by atoms with Crippen molar-refractivity contribution in [3.8, 4) is 0 Å². The first kappa shape index (κ1) is 26.4. The molecule has 1 aromatic carbocycles. The van der Waals surface area contributed by atoms with E-state index in [0.717, 1.165) is 27.3 Å². The smallest absolute Gasteiger partial charge is 0.337 e. The molecule has 1 unspecified atom stereocenters. The highest BCUT2D eigenvalue weighted by atomic mass is 35.5. The molecule has 1 aliphatic heterocycles. The van der Waals surface area contributed by atoms with Crippen molar-refractivity contribution in [1.29, 1.82) is 0 Å². The Labute approximate surface area is 220 Å². The quantitative estimate of drug-likeness (QED) is 0.395. The third kappa shape index (κ3) is 5.67. The van der Waals surface area contributed by atoms with Gasteiger partial charge in [-0.05, 0) is 49.4 Å². The minimum absolute atomic E-state index is 0.0857. The van der Waals surface area contributed by atoms with Gasteiger partial charge in [0, 0.05) is 25.4 Å². The Morgan fingerprint density at radius 3 is 2.74 bits per heavy atom. The molecule has 1 aliphatic rings. The molecule has 1 fully saturated rings. The number of methoxy groups -OCH3 is 1. The minimum Gasteiger partial charge on any atom is -0.465 e. The molecular formula is C22H24ClN3O5S4. The zero-order valence-electron chi connectivity index (χ0n) is 19.1. The normalized spacial score (nSPS) is 17.7. The number of thiophene rings is 1. The van der Waals surface area contributed by atoms with Crippen LogP contribution in [0.15, 0.2) is 39.5 Å². The molecule has 0 N–H and O–H groups in total. The first-order valence-corrected chi connectivity index (χ1v) is 15.6. The van der Waals surface area contributed by atoms with Crippen LogP contribution in [0.1, 0.15) is 23.2 Å². The molecule has 1 atom stereocenters. The summed E-state index contributed by atoms with van der Waals surface area (Å²) in [7, 11) is -2.38. The Hall–Kier alpha value is -1.70. The Kier molecular flexibility index (Phi) is 8.39. The lowest BCUT2D eigenvalue weighted by atomic mass is 9.99. The molecule has 1 saturated heterocycles. The number of hydrogen-bond acceptors (Lipinski definition) is 8. The number of thiazole rings is 1. The molecule has 188 valence electrons. The van der Waals surface area contributed by atoms with Crippen molar-refractivity contribution in [1.82, 2.24) is 8.87 Å². The summed E-state index contributed by atoms with van der Waals surface area (Å²) in [4.78, 5) is 30.1. The molecule has 13 heteroatoms. The Morgan fingerprint density at radius 2 is 2.06 bits per heavy atom. The van der Waals surface area contributed by atoms with E-state index in [1.165, 1.54) is 28.8 Å². The first-order chi connectivity index (χ1) is 16.7. The number of amides is 1. The van der Waals surface area contributed by atoms with Gasteiger partial charge in [0.2, 0.25) is 0 Å². The van der Waals surface area contributed by atoms with E-state index in [1.807, 2.05) is 16.9 Å². The van der Waals surface area contributed by atoms with Crippen molar-refractivity contribution in [3.63, 3.8) is 0 Å². The van der Waals surface area contributed by atoms with Crippen molar-refractivity contribution in [2.45, 2.75) is 23.6 Å². The topological polar surface area (TPSA) is 98.0 Å². The predicted octanol–water partition coefficient (Wildman–Crippen LogP) is 4.10. The van der Waals surface area contributed by atoms with E-state index in [-0.39, 0.29) is 16.7 Å².